The maximum absolute atomic E-state index is 6.43. The molecule has 0 aromatic heterocycles. The Morgan fingerprint density at radius 3 is 1.85 bits per heavy atom. The SMILES string of the molecule is CCCCCCC(OCOCc1ccccc1)C(Sc1ccc(C)cc1)Sc1ccc(C)cc1. The Kier molecular flexibility index (Phi) is 12.1. The van der Waals surface area contributed by atoms with Crippen LogP contribution in [-0.4, -0.2) is 17.5 Å². The van der Waals surface area contributed by atoms with E-state index in [-0.39, 0.29) is 10.7 Å². The fraction of sp³-hybridized carbons (Fsp3) is 0.400. The predicted octanol–water partition coefficient (Wildman–Crippen LogP) is 9.04. The zero-order valence-electron chi connectivity index (χ0n) is 20.7. The van der Waals surface area contributed by atoms with Crippen LogP contribution in [0.1, 0.15) is 55.7 Å². The standard InChI is InChI=1S/C30H38O2S2/c1-4-5-6-10-13-29(32-23-31-22-26-11-8-7-9-12-26)30(33-27-18-14-24(2)15-19-27)34-28-20-16-25(3)17-21-28/h7-9,11-12,14-21,29-30H,4-6,10,13,22-23H2,1-3H3. The van der Waals surface area contributed by atoms with E-state index in [2.05, 4.69) is 81.4 Å². The van der Waals surface area contributed by atoms with Crippen LogP contribution in [0.15, 0.2) is 88.7 Å². The summed E-state index contributed by atoms with van der Waals surface area (Å²) in [6, 6.07) is 28.0. The van der Waals surface area contributed by atoms with Gasteiger partial charge in [0.25, 0.3) is 0 Å². The maximum atomic E-state index is 6.43. The monoisotopic (exact) mass is 494 g/mol. The summed E-state index contributed by atoms with van der Waals surface area (Å²) >= 11 is 3.81. The molecule has 0 radical (unpaired) electrons. The number of thioether (sulfide) groups is 2. The van der Waals surface area contributed by atoms with Gasteiger partial charge in [0.15, 0.2) is 0 Å². The maximum Gasteiger partial charge on any atom is 0.147 e. The molecule has 0 aliphatic rings. The number of ether oxygens (including phenoxy) is 2. The Hall–Kier alpha value is -1.72. The quantitative estimate of drug-likeness (QED) is 0.119. The third-order valence-corrected chi connectivity index (χ3v) is 8.41. The van der Waals surface area contributed by atoms with Crippen molar-refractivity contribution in [2.75, 3.05) is 6.79 Å². The summed E-state index contributed by atoms with van der Waals surface area (Å²) in [5, 5.41) is 0. The highest BCUT2D eigenvalue weighted by atomic mass is 32.2. The molecule has 0 aliphatic heterocycles. The highest BCUT2D eigenvalue weighted by molar-refractivity contribution is 8.17. The highest BCUT2D eigenvalue weighted by Gasteiger charge is 2.25. The zero-order chi connectivity index (χ0) is 24.0. The second-order valence-corrected chi connectivity index (χ2v) is 11.5. The fourth-order valence-electron chi connectivity index (χ4n) is 3.62. The molecule has 0 spiro atoms. The van der Waals surface area contributed by atoms with Crippen molar-refractivity contribution < 1.29 is 9.47 Å². The lowest BCUT2D eigenvalue weighted by molar-refractivity contribution is -0.0933. The van der Waals surface area contributed by atoms with E-state index in [1.165, 1.54) is 52.2 Å². The third kappa shape index (κ3) is 9.87. The van der Waals surface area contributed by atoms with Gasteiger partial charge in [0, 0.05) is 9.79 Å². The predicted molar refractivity (Wildman–Crippen MR) is 148 cm³/mol. The Labute approximate surface area is 214 Å². The van der Waals surface area contributed by atoms with E-state index in [1.807, 2.05) is 41.7 Å². The average Bonchev–Trinajstić information content (AvgIpc) is 2.86. The minimum atomic E-state index is 0.102. The van der Waals surface area contributed by atoms with E-state index in [0.717, 1.165) is 6.42 Å². The Bertz CT molecular complexity index is 879. The highest BCUT2D eigenvalue weighted by Crippen LogP contribution is 2.40. The van der Waals surface area contributed by atoms with E-state index in [4.69, 9.17) is 9.47 Å². The van der Waals surface area contributed by atoms with Crippen LogP contribution in [0.5, 0.6) is 0 Å². The van der Waals surface area contributed by atoms with Crippen molar-refractivity contribution in [2.24, 2.45) is 0 Å². The molecule has 0 amide bonds. The minimum Gasteiger partial charge on any atom is -0.351 e. The topological polar surface area (TPSA) is 18.5 Å². The summed E-state index contributed by atoms with van der Waals surface area (Å²) in [5.41, 5.74) is 3.74. The summed E-state index contributed by atoms with van der Waals surface area (Å²) in [5.74, 6) is 0. The van der Waals surface area contributed by atoms with Gasteiger partial charge in [-0.05, 0) is 50.1 Å². The first-order valence-electron chi connectivity index (χ1n) is 12.3. The lowest BCUT2D eigenvalue weighted by Crippen LogP contribution is -2.25. The van der Waals surface area contributed by atoms with Gasteiger partial charge in [-0.25, -0.2) is 0 Å². The summed E-state index contributed by atoms with van der Waals surface area (Å²) in [7, 11) is 0. The molecule has 1 unspecified atom stereocenters. The molecule has 3 aromatic carbocycles. The van der Waals surface area contributed by atoms with Crippen LogP contribution < -0.4 is 0 Å². The van der Waals surface area contributed by atoms with Gasteiger partial charge >= 0.3 is 0 Å². The molecule has 3 aromatic rings. The van der Waals surface area contributed by atoms with Crippen molar-refractivity contribution in [3.8, 4) is 0 Å². The zero-order valence-corrected chi connectivity index (χ0v) is 22.4. The summed E-state index contributed by atoms with van der Waals surface area (Å²) < 4.78 is 12.6. The van der Waals surface area contributed by atoms with Crippen molar-refractivity contribution in [1.82, 2.24) is 0 Å². The molecule has 2 nitrogen and oxygen atoms in total. The van der Waals surface area contributed by atoms with Gasteiger partial charge in [-0.3, -0.25) is 0 Å². The van der Waals surface area contributed by atoms with Gasteiger partial charge in [-0.2, -0.15) is 0 Å². The lowest BCUT2D eigenvalue weighted by atomic mass is 10.1. The van der Waals surface area contributed by atoms with Crippen molar-refractivity contribution in [3.63, 3.8) is 0 Å². The Morgan fingerprint density at radius 2 is 1.29 bits per heavy atom. The first-order chi connectivity index (χ1) is 16.6. The van der Waals surface area contributed by atoms with Crippen LogP contribution in [0.3, 0.4) is 0 Å². The second kappa shape index (κ2) is 15.3. The molecule has 0 saturated carbocycles. The molecule has 0 aliphatic carbocycles. The second-order valence-electron chi connectivity index (χ2n) is 8.74. The molecule has 34 heavy (non-hydrogen) atoms. The van der Waals surface area contributed by atoms with Crippen molar-refractivity contribution in [2.45, 2.75) is 80.0 Å². The molecule has 1 atom stereocenters. The molecule has 3 rings (SSSR count). The number of unbranched alkanes of at least 4 members (excludes halogenated alkanes) is 3. The van der Waals surface area contributed by atoms with Crippen molar-refractivity contribution in [3.05, 3.63) is 95.6 Å². The Morgan fingerprint density at radius 1 is 0.706 bits per heavy atom. The third-order valence-electron chi connectivity index (χ3n) is 5.67. The number of hydrogen-bond donors (Lipinski definition) is 0. The van der Waals surface area contributed by atoms with Gasteiger partial charge in [-0.1, -0.05) is 98.3 Å². The largest absolute Gasteiger partial charge is 0.351 e. The van der Waals surface area contributed by atoms with Crippen LogP contribution in [0.25, 0.3) is 0 Å². The molecule has 0 N–H and O–H groups in total. The van der Waals surface area contributed by atoms with Crippen molar-refractivity contribution >= 4 is 23.5 Å². The summed E-state index contributed by atoms with van der Waals surface area (Å²) in [4.78, 5) is 2.56. The van der Waals surface area contributed by atoms with Crippen LogP contribution in [0.2, 0.25) is 0 Å². The van der Waals surface area contributed by atoms with Gasteiger partial charge in [0.05, 0.1) is 17.3 Å². The smallest absolute Gasteiger partial charge is 0.147 e. The van der Waals surface area contributed by atoms with Crippen molar-refractivity contribution in [1.29, 1.82) is 0 Å². The molecule has 182 valence electrons. The minimum absolute atomic E-state index is 0.102. The van der Waals surface area contributed by atoms with Crippen LogP contribution in [0, 0.1) is 13.8 Å². The van der Waals surface area contributed by atoms with E-state index < -0.39 is 0 Å². The van der Waals surface area contributed by atoms with Crippen LogP contribution in [0.4, 0.5) is 0 Å². The van der Waals surface area contributed by atoms with Gasteiger partial charge in [0.2, 0.25) is 0 Å². The van der Waals surface area contributed by atoms with E-state index in [9.17, 15) is 0 Å². The molecule has 4 heteroatoms. The number of rotatable bonds is 15. The molecule has 0 bridgehead atoms. The fourth-order valence-corrected chi connectivity index (χ4v) is 6.33. The first-order valence-corrected chi connectivity index (χ1v) is 14.1. The first kappa shape index (κ1) is 26.9. The Balaban J connectivity index is 1.70. The molecule has 0 heterocycles. The molecule has 0 fully saturated rings. The van der Waals surface area contributed by atoms with Gasteiger partial charge in [-0.15, -0.1) is 23.5 Å². The van der Waals surface area contributed by atoms with E-state index in [1.54, 1.807) is 0 Å². The van der Waals surface area contributed by atoms with Gasteiger partial charge in [0.1, 0.15) is 6.79 Å². The molecular weight excluding hydrogens is 456 g/mol. The average molecular weight is 495 g/mol. The lowest BCUT2D eigenvalue weighted by Gasteiger charge is -2.27. The van der Waals surface area contributed by atoms with Crippen LogP contribution in [-0.2, 0) is 16.1 Å². The summed E-state index contributed by atoms with van der Waals surface area (Å²) in [6.45, 7) is 7.42. The molecule has 0 saturated heterocycles. The number of hydrogen-bond acceptors (Lipinski definition) is 4. The number of aryl methyl sites for hydroxylation is 2. The normalized spacial score (nSPS) is 12.2. The van der Waals surface area contributed by atoms with E-state index in [0.29, 0.717) is 13.4 Å². The summed E-state index contributed by atoms with van der Waals surface area (Å²) in [6.07, 6.45) is 6.08. The molecular formula is C30H38O2S2. The van der Waals surface area contributed by atoms with Gasteiger partial charge < -0.3 is 9.47 Å². The van der Waals surface area contributed by atoms with Crippen LogP contribution >= 0.6 is 23.5 Å². The van der Waals surface area contributed by atoms with E-state index >= 15 is 0 Å². The number of benzene rings is 3.